The maximum atomic E-state index is 13.5. The Balaban J connectivity index is 1.64. The zero-order valence-electron chi connectivity index (χ0n) is 16.0. The zero-order chi connectivity index (χ0) is 21.4. The molecule has 0 unspecified atom stereocenters. The van der Waals surface area contributed by atoms with E-state index in [1.54, 1.807) is 42.6 Å². The molecule has 0 bridgehead atoms. The number of para-hydroxylation sites is 2. The van der Waals surface area contributed by atoms with Crippen molar-refractivity contribution in [3.05, 3.63) is 99.6 Å². The fourth-order valence-electron chi connectivity index (χ4n) is 3.27. The van der Waals surface area contributed by atoms with Crippen LogP contribution in [0.5, 0.6) is 0 Å². The Hall–Kier alpha value is -3.55. The molecular formula is C23H14ClN3O3S. The van der Waals surface area contributed by atoms with Gasteiger partial charge in [-0.15, -0.1) is 0 Å². The van der Waals surface area contributed by atoms with Gasteiger partial charge in [0.1, 0.15) is 22.9 Å². The lowest BCUT2D eigenvalue weighted by atomic mass is 10.1. The number of aromatic nitrogens is 2. The molecule has 0 aliphatic rings. The van der Waals surface area contributed by atoms with Crippen molar-refractivity contribution in [3.63, 3.8) is 0 Å². The van der Waals surface area contributed by atoms with E-state index in [1.807, 2.05) is 24.3 Å². The molecule has 0 atom stereocenters. The number of anilines is 1. The van der Waals surface area contributed by atoms with Gasteiger partial charge in [-0.05, 0) is 36.4 Å². The predicted molar refractivity (Wildman–Crippen MR) is 122 cm³/mol. The smallest absolute Gasteiger partial charge is 0.267 e. The number of thiazole rings is 1. The van der Waals surface area contributed by atoms with Crippen LogP contribution in [0.25, 0.3) is 21.2 Å². The number of amides is 1. The molecule has 0 aliphatic carbocycles. The Labute approximate surface area is 185 Å². The van der Waals surface area contributed by atoms with Crippen molar-refractivity contribution in [1.29, 1.82) is 0 Å². The van der Waals surface area contributed by atoms with E-state index in [2.05, 4.69) is 9.97 Å². The standard InChI is InChI=1S/C23H14ClN3O3S/c24-17-8-5-10-19-20(17)26-23(31-19)27(12-14-6-3-4-11-25-14)22(29)16-13-30-18-9-2-1-7-15(18)21(16)28/h1-11,13H,12H2. The monoisotopic (exact) mass is 447 g/mol. The van der Waals surface area contributed by atoms with Gasteiger partial charge in [-0.1, -0.05) is 47.2 Å². The van der Waals surface area contributed by atoms with Crippen LogP contribution in [0.2, 0.25) is 5.02 Å². The number of carbonyl (C=O) groups excluding carboxylic acids is 1. The van der Waals surface area contributed by atoms with Crippen LogP contribution in [0.15, 0.2) is 82.3 Å². The second kappa shape index (κ2) is 7.94. The van der Waals surface area contributed by atoms with Crippen LogP contribution in [0, 0.1) is 0 Å². The molecule has 152 valence electrons. The van der Waals surface area contributed by atoms with Gasteiger partial charge in [0, 0.05) is 6.20 Å². The molecule has 5 aromatic rings. The van der Waals surface area contributed by atoms with Crippen LogP contribution in [0.4, 0.5) is 5.13 Å². The third-order valence-corrected chi connectivity index (χ3v) is 6.14. The summed E-state index contributed by atoms with van der Waals surface area (Å²) in [6.07, 6.45) is 2.86. The third-order valence-electron chi connectivity index (χ3n) is 4.79. The number of pyridine rings is 1. The number of hydrogen-bond donors (Lipinski definition) is 0. The molecular weight excluding hydrogens is 434 g/mol. The highest BCUT2D eigenvalue weighted by Gasteiger charge is 2.26. The van der Waals surface area contributed by atoms with Crippen LogP contribution in [-0.4, -0.2) is 15.9 Å². The van der Waals surface area contributed by atoms with Crippen LogP contribution >= 0.6 is 22.9 Å². The molecule has 0 fully saturated rings. The van der Waals surface area contributed by atoms with Gasteiger partial charge < -0.3 is 4.42 Å². The highest BCUT2D eigenvalue weighted by atomic mass is 35.5. The van der Waals surface area contributed by atoms with E-state index in [0.29, 0.717) is 32.3 Å². The Morgan fingerprint density at radius 3 is 2.71 bits per heavy atom. The van der Waals surface area contributed by atoms with Gasteiger partial charge in [-0.3, -0.25) is 19.5 Å². The van der Waals surface area contributed by atoms with E-state index in [4.69, 9.17) is 16.0 Å². The molecule has 0 spiro atoms. The molecule has 3 aromatic heterocycles. The van der Waals surface area contributed by atoms with E-state index in [0.717, 1.165) is 4.70 Å². The van der Waals surface area contributed by atoms with Crippen LogP contribution < -0.4 is 10.3 Å². The molecule has 0 aliphatic heterocycles. The average Bonchev–Trinajstić information content (AvgIpc) is 3.24. The lowest BCUT2D eigenvalue weighted by Crippen LogP contribution is -2.34. The first-order chi connectivity index (χ1) is 15.1. The second-order valence-electron chi connectivity index (χ2n) is 6.77. The molecule has 2 aromatic carbocycles. The molecule has 5 rings (SSSR count). The van der Waals surface area contributed by atoms with Crippen molar-refractivity contribution in [2.75, 3.05) is 4.90 Å². The van der Waals surface area contributed by atoms with Gasteiger partial charge in [0.05, 0.1) is 27.3 Å². The lowest BCUT2D eigenvalue weighted by Gasteiger charge is -2.19. The fourth-order valence-corrected chi connectivity index (χ4v) is 4.53. The Kier molecular flexibility index (Phi) is 4.97. The predicted octanol–water partition coefficient (Wildman–Crippen LogP) is 5.30. The maximum Gasteiger partial charge on any atom is 0.267 e. The number of hydrogen-bond acceptors (Lipinski definition) is 6. The topological polar surface area (TPSA) is 76.3 Å². The summed E-state index contributed by atoms with van der Waals surface area (Å²) in [6, 6.07) is 17.7. The maximum absolute atomic E-state index is 13.5. The Morgan fingerprint density at radius 1 is 1.06 bits per heavy atom. The van der Waals surface area contributed by atoms with Gasteiger partial charge in [0.15, 0.2) is 5.13 Å². The first-order valence-electron chi connectivity index (χ1n) is 9.39. The molecule has 6 nitrogen and oxygen atoms in total. The molecule has 0 N–H and O–H groups in total. The summed E-state index contributed by atoms with van der Waals surface area (Å²) in [4.78, 5) is 36.9. The first-order valence-corrected chi connectivity index (χ1v) is 10.6. The molecule has 0 saturated heterocycles. The van der Waals surface area contributed by atoms with Crippen molar-refractivity contribution in [2.24, 2.45) is 0 Å². The highest BCUT2D eigenvalue weighted by molar-refractivity contribution is 7.22. The molecule has 0 radical (unpaired) electrons. The van der Waals surface area contributed by atoms with Crippen LogP contribution in [0.3, 0.4) is 0 Å². The summed E-state index contributed by atoms with van der Waals surface area (Å²) in [5.41, 5.74) is 1.23. The number of carbonyl (C=O) groups is 1. The summed E-state index contributed by atoms with van der Waals surface area (Å²) in [7, 11) is 0. The minimum atomic E-state index is -0.514. The zero-order valence-corrected chi connectivity index (χ0v) is 17.6. The normalized spacial score (nSPS) is 11.1. The SMILES string of the molecule is O=C(c1coc2ccccc2c1=O)N(Cc1ccccn1)c1nc2c(Cl)cccc2s1. The van der Waals surface area contributed by atoms with E-state index < -0.39 is 11.3 Å². The largest absolute Gasteiger partial charge is 0.463 e. The molecule has 0 saturated carbocycles. The van der Waals surface area contributed by atoms with Crippen molar-refractivity contribution >= 4 is 55.2 Å². The number of halogens is 1. The van der Waals surface area contributed by atoms with Crippen LogP contribution in [0.1, 0.15) is 16.1 Å². The molecule has 8 heteroatoms. The van der Waals surface area contributed by atoms with E-state index in [1.165, 1.54) is 22.5 Å². The third kappa shape index (κ3) is 3.58. The van der Waals surface area contributed by atoms with E-state index in [9.17, 15) is 9.59 Å². The molecule has 3 heterocycles. The average molecular weight is 448 g/mol. The van der Waals surface area contributed by atoms with Crippen molar-refractivity contribution in [3.8, 4) is 0 Å². The quantitative estimate of drug-likeness (QED) is 0.373. The van der Waals surface area contributed by atoms with Crippen molar-refractivity contribution in [2.45, 2.75) is 6.54 Å². The second-order valence-corrected chi connectivity index (χ2v) is 8.19. The highest BCUT2D eigenvalue weighted by Crippen LogP contribution is 2.34. The number of nitrogens with zero attached hydrogens (tertiary/aromatic N) is 3. The Morgan fingerprint density at radius 2 is 1.90 bits per heavy atom. The first kappa shape index (κ1) is 19.4. The summed E-state index contributed by atoms with van der Waals surface area (Å²) in [6.45, 7) is 0.142. The fraction of sp³-hybridized carbons (Fsp3) is 0.0435. The van der Waals surface area contributed by atoms with E-state index >= 15 is 0 Å². The Bertz CT molecular complexity index is 1480. The summed E-state index contributed by atoms with van der Waals surface area (Å²) >= 11 is 7.61. The van der Waals surface area contributed by atoms with Crippen LogP contribution in [-0.2, 0) is 6.54 Å². The van der Waals surface area contributed by atoms with Gasteiger partial charge in [0.25, 0.3) is 5.91 Å². The number of benzene rings is 2. The van der Waals surface area contributed by atoms with Gasteiger partial charge >= 0.3 is 0 Å². The molecule has 1 amide bonds. The van der Waals surface area contributed by atoms with E-state index in [-0.39, 0.29) is 12.1 Å². The van der Waals surface area contributed by atoms with Crippen molar-refractivity contribution < 1.29 is 9.21 Å². The number of rotatable bonds is 4. The lowest BCUT2D eigenvalue weighted by molar-refractivity contribution is 0.0982. The number of fused-ring (bicyclic) bond motifs is 2. The summed E-state index contributed by atoms with van der Waals surface area (Å²) in [5.74, 6) is -0.514. The van der Waals surface area contributed by atoms with Gasteiger partial charge in [-0.2, -0.15) is 0 Å². The minimum Gasteiger partial charge on any atom is -0.463 e. The summed E-state index contributed by atoms with van der Waals surface area (Å²) in [5, 5.41) is 1.26. The minimum absolute atomic E-state index is 0.0695. The summed E-state index contributed by atoms with van der Waals surface area (Å²) < 4.78 is 6.40. The molecule has 31 heavy (non-hydrogen) atoms. The van der Waals surface area contributed by atoms with Crippen molar-refractivity contribution in [1.82, 2.24) is 9.97 Å². The van der Waals surface area contributed by atoms with Gasteiger partial charge in [-0.25, -0.2) is 4.98 Å². The van der Waals surface area contributed by atoms with Gasteiger partial charge in [0.2, 0.25) is 5.43 Å².